The quantitative estimate of drug-likeness (QED) is 0.495. The Balaban J connectivity index is 1.52. The van der Waals surface area contributed by atoms with E-state index in [9.17, 15) is 0 Å². The average Bonchev–Trinajstić information content (AvgIpc) is 3.32. The van der Waals surface area contributed by atoms with Gasteiger partial charge in [-0.05, 0) is 36.1 Å². The lowest BCUT2D eigenvalue weighted by Crippen LogP contribution is -2.30. The van der Waals surface area contributed by atoms with E-state index in [0.29, 0.717) is 12.5 Å². The molecule has 0 amide bonds. The Morgan fingerprint density at radius 1 is 0.839 bits per heavy atom. The number of anilines is 1. The molecule has 0 bridgehead atoms. The van der Waals surface area contributed by atoms with Gasteiger partial charge in [0.05, 0.1) is 25.9 Å². The standard InChI is InChI=1S/C27H27NO3/c1-29-23-15-16-24(30-2)27-25(23)19-12-8-13-20(19)26(28-27)21-11-6-7-14-22(21)31-17-18-9-4-3-5-10-18/h3-12,14-16,19-20,26,28H,13,17H2,1-2H3. The Morgan fingerprint density at radius 2 is 1.58 bits per heavy atom. The van der Waals surface area contributed by atoms with E-state index in [4.69, 9.17) is 14.2 Å². The van der Waals surface area contributed by atoms with Gasteiger partial charge < -0.3 is 19.5 Å². The molecule has 1 aliphatic heterocycles. The van der Waals surface area contributed by atoms with Crippen molar-refractivity contribution < 1.29 is 14.2 Å². The van der Waals surface area contributed by atoms with Crippen LogP contribution in [0.4, 0.5) is 5.69 Å². The van der Waals surface area contributed by atoms with Crippen LogP contribution in [0.3, 0.4) is 0 Å². The summed E-state index contributed by atoms with van der Waals surface area (Å²) in [6.45, 7) is 0.546. The van der Waals surface area contributed by atoms with Gasteiger partial charge >= 0.3 is 0 Å². The molecule has 5 rings (SSSR count). The van der Waals surface area contributed by atoms with Gasteiger partial charge in [-0.25, -0.2) is 0 Å². The molecular formula is C27H27NO3. The Labute approximate surface area is 183 Å². The number of methoxy groups -OCH3 is 2. The van der Waals surface area contributed by atoms with E-state index >= 15 is 0 Å². The molecule has 2 aliphatic rings. The molecular weight excluding hydrogens is 386 g/mol. The van der Waals surface area contributed by atoms with E-state index in [-0.39, 0.29) is 12.0 Å². The fourth-order valence-electron chi connectivity index (χ4n) is 4.91. The molecule has 0 saturated heterocycles. The van der Waals surface area contributed by atoms with Crippen LogP contribution in [0.2, 0.25) is 0 Å². The molecule has 0 aromatic heterocycles. The van der Waals surface area contributed by atoms with Crippen LogP contribution in [0.5, 0.6) is 17.2 Å². The molecule has 4 heteroatoms. The van der Waals surface area contributed by atoms with E-state index in [1.54, 1.807) is 14.2 Å². The summed E-state index contributed by atoms with van der Waals surface area (Å²) >= 11 is 0. The molecule has 158 valence electrons. The molecule has 3 aromatic carbocycles. The van der Waals surface area contributed by atoms with Gasteiger partial charge in [-0.1, -0.05) is 60.7 Å². The van der Waals surface area contributed by atoms with Crippen molar-refractivity contribution in [3.05, 3.63) is 95.6 Å². The lowest BCUT2D eigenvalue weighted by Gasteiger charge is -2.39. The first-order valence-electron chi connectivity index (χ1n) is 10.7. The van der Waals surface area contributed by atoms with Crippen molar-refractivity contribution in [1.29, 1.82) is 0 Å². The third-order valence-corrected chi connectivity index (χ3v) is 6.37. The average molecular weight is 414 g/mol. The van der Waals surface area contributed by atoms with Crippen molar-refractivity contribution in [2.45, 2.75) is 25.0 Å². The molecule has 0 radical (unpaired) electrons. The molecule has 3 atom stereocenters. The summed E-state index contributed by atoms with van der Waals surface area (Å²) in [5.41, 5.74) is 4.52. The van der Waals surface area contributed by atoms with Crippen LogP contribution < -0.4 is 19.5 Å². The van der Waals surface area contributed by atoms with Gasteiger partial charge in [-0.3, -0.25) is 0 Å². The summed E-state index contributed by atoms with van der Waals surface area (Å²) in [4.78, 5) is 0. The molecule has 1 N–H and O–H groups in total. The number of fused-ring (bicyclic) bond motifs is 3. The second-order valence-corrected chi connectivity index (χ2v) is 8.05. The zero-order valence-electron chi connectivity index (χ0n) is 17.9. The predicted molar refractivity (Wildman–Crippen MR) is 123 cm³/mol. The highest BCUT2D eigenvalue weighted by atomic mass is 16.5. The summed E-state index contributed by atoms with van der Waals surface area (Å²) in [6, 6.07) is 22.7. The molecule has 3 unspecified atom stereocenters. The van der Waals surface area contributed by atoms with Gasteiger partial charge in [0.2, 0.25) is 0 Å². The lowest BCUT2D eigenvalue weighted by molar-refractivity contribution is 0.295. The third kappa shape index (κ3) is 3.52. The maximum atomic E-state index is 6.30. The monoisotopic (exact) mass is 413 g/mol. The maximum absolute atomic E-state index is 6.30. The largest absolute Gasteiger partial charge is 0.496 e. The number of rotatable bonds is 6. The van der Waals surface area contributed by atoms with Crippen LogP contribution in [-0.4, -0.2) is 14.2 Å². The second-order valence-electron chi connectivity index (χ2n) is 8.05. The van der Waals surface area contributed by atoms with Crippen molar-refractivity contribution in [3.63, 3.8) is 0 Å². The van der Waals surface area contributed by atoms with Gasteiger partial charge in [0.1, 0.15) is 23.9 Å². The van der Waals surface area contributed by atoms with E-state index in [1.807, 2.05) is 36.4 Å². The van der Waals surface area contributed by atoms with Crippen LogP contribution in [0.1, 0.15) is 35.1 Å². The predicted octanol–water partition coefficient (Wildman–Crippen LogP) is 6.11. The number of benzene rings is 3. The minimum atomic E-state index is 0.112. The molecule has 1 heterocycles. The first-order valence-corrected chi connectivity index (χ1v) is 10.7. The number of nitrogens with one attached hydrogen (secondary N) is 1. The van der Waals surface area contributed by atoms with Crippen LogP contribution in [0, 0.1) is 5.92 Å². The zero-order valence-corrected chi connectivity index (χ0v) is 17.9. The van der Waals surface area contributed by atoms with E-state index in [2.05, 4.69) is 47.8 Å². The van der Waals surface area contributed by atoms with Gasteiger partial charge in [0, 0.05) is 17.0 Å². The van der Waals surface area contributed by atoms with Crippen LogP contribution in [0.15, 0.2) is 78.9 Å². The molecule has 4 nitrogen and oxygen atoms in total. The Hall–Kier alpha value is -3.40. The van der Waals surface area contributed by atoms with Crippen molar-refractivity contribution in [2.75, 3.05) is 19.5 Å². The third-order valence-electron chi connectivity index (χ3n) is 6.37. The van der Waals surface area contributed by atoms with Gasteiger partial charge in [-0.15, -0.1) is 0 Å². The minimum absolute atomic E-state index is 0.112. The Bertz CT molecular complexity index is 1090. The molecule has 3 aromatic rings. The van der Waals surface area contributed by atoms with Gasteiger partial charge in [0.15, 0.2) is 0 Å². The molecule has 0 saturated carbocycles. The second kappa shape index (κ2) is 8.38. The Morgan fingerprint density at radius 3 is 2.39 bits per heavy atom. The first kappa shape index (κ1) is 19.6. The molecule has 1 aliphatic carbocycles. The number of hydrogen-bond donors (Lipinski definition) is 1. The molecule has 31 heavy (non-hydrogen) atoms. The summed E-state index contributed by atoms with van der Waals surface area (Å²) < 4.78 is 17.7. The smallest absolute Gasteiger partial charge is 0.142 e. The van der Waals surface area contributed by atoms with Gasteiger partial charge in [0.25, 0.3) is 0 Å². The minimum Gasteiger partial charge on any atom is -0.496 e. The number of ether oxygens (including phenoxy) is 3. The van der Waals surface area contributed by atoms with Crippen molar-refractivity contribution in [2.24, 2.45) is 5.92 Å². The SMILES string of the molecule is COc1ccc(OC)c2c1NC(c1ccccc1OCc1ccccc1)C1CC=CC21. The summed E-state index contributed by atoms with van der Waals surface area (Å²) in [5, 5.41) is 3.79. The molecule has 0 fully saturated rings. The summed E-state index contributed by atoms with van der Waals surface area (Å²) in [5.74, 6) is 3.31. The Kier molecular flexibility index (Phi) is 5.29. The highest BCUT2D eigenvalue weighted by Gasteiger charge is 2.41. The highest BCUT2D eigenvalue weighted by molar-refractivity contribution is 5.72. The molecule has 0 spiro atoms. The number of allylic oxidation sites excluding steroid dienone is 2. The zero-order chi connectivity index (χ0) is 21.2. The van der Waals surface area contributed by atoms with E-state index in [0.717, 1.165) is 34.9 Å². The van der Waals surface area contributed by atoms with Crippen LogP contribution in [-0.2, 0) is 6.61 Å². The van der Waals surface area contributed by atoms with E-state index in [1.165, 1.54) is 11.1 Å². The lowest BCUT2D eigenvalue weighted by atomic mass is 9.76. The first-order chi connectivity index (χ1) is 15.3. The van der Waals surface area contributed by atoms with E-state index < -0.39 is 0 Å². The van der Waals surface area contributed by atoms with Crippen LogP contribution in [0.25, 0.3) is 0 Å². The topological polar surface area (TPSA) is 39.7 Å². The highest BCUT2D eigenvalue weighted by Crippen LogP contribution is 2.55. The van der Waals surface area contributed by atoms with Gasteiger partial charge in [-0.2, -0.15) is 0 Å². The number of para-hydroxylation sites is 1. The summed E-state index contributed by atoms with van der Waals surface area (Å²) in [7, 11) is 3.45. The van der Waals surface area contributed by atoms with Crippen molar-refractivity contribution in [3.8, 4) is 17.2 Å². The number of hydrogen-bond acceptors (Lipinski definition) is 4. The fourth-order valence-corrected chi connectivity index (χ4v) is 4.91. The van der Waals surface area contributed by atoms with Crippen molar-refractivity contribution in [1.82, 2.24) is 0 Å². The summed E-state index contributed by atoms with van der Waals surface area (Å²) in [6.07, 6.45) is 5.60. The van der Waals surface area contributed by atoms with Crippen LogP contribution >= 0.6 is 0 Å². The fraction of sp³-hybridized carbons (Fsp3) is 0.259. The van der Waals surface area contributed by atoms with Crippen molar-refractivity contribution >= 4 is 5.69 Å². The maximum Gasteiger partial charge on any atom is 0.142 e. The normalized spacial score (nSPS) is 21.0.